The Labute approximate surface area is 135 Å². The first kappa shape index (κ1) is 14.9. The molecule has 0 bridgehead atoms. The molecule has 1 atom stereocenters. The van der Waals surface area contributed by atoms with Crippen molar-refractivity contribution in [3.8, 4) is 0 Å². The van der Waals surface area contributed by atoms with Gasteiger partial charge in [-0.05, 0) is 50.5 Å². The van der Waals surface area contributed by atoms with E-state index < -0.39 is 0 Å². The number of hydrogen-bond donors (Lipinski definition) is 2. The summed E-state index contributed by atoms with van der Waals surface area (Å²) in [5, 5.41) is 3.13. The minimum absolute atomic E-state index is 0.0104. The molecule has 2 heterocycles. The molecule has 2 aliphatic carbocycles. The number of rotatable bonds is 3. The van der Waals surface area contributed by atoms with Gasteiger partial charge >= 0.3 is 0 Å². The van der Waals surface area contributed by atoms with Crippen LogP contribution in [0, 0.1) is 0 Å². The standard InChI is InChI=1S/C18H24N2O3/c21-16-10-13(9-15(20-16)12-3-4-12)17(22)19-14-5-8-23-18(11-14)6-1-2-7-18/h9-10,12,14H,1-8,11H2,(H,19,22)(H,20,21). The van der Waals surface area contributed by atoms with Gasteiger partial charge in [0.25, 0.3) is 5.91 Å². The zero-order valence-electron chi connectivity index (χ0n) is 13.4. The number of aromatic nitrogens is 1. The maximum absolute atomic E-state index is 12.6. The Kier molecular flexibility index (Phi) is 3.76. The Hall–Kier alpha value is -1.62. The molecular formula is C18H24N2O3. The number of carbonyl (C=O) groups excluding carboxylic acids is 1. The Morgan fingerprint density at radius 2 is 2.00 bits per heavy atom. The van der Waals surface area contributed by atoms with Crippen LogP contribution in [0.1, 0.15) is 73.3 Å². The fourth-order valence-corrected chi connectivity index (χ4v) is 4.10. The van der Waals surface area contributed by atoms with E-state index in [4.69, 9.17) is 4.74 Å². The maximum Gasteiger partial charge on any atom is 0.251 e. The third kappa shape index (κ3) is 3.20. The van der Waals surface area contributed by atoms with Gasteiger partial charge in [-0.15, -0.1) is 0 Å². The van der Waals surface area contributed by atoms with Crippen LogP contribution in [-0.2, 0) is 4.74 Å². The predicted octanol–water partition coefficient (Wildman–Crippen LogP) is 2.47. The van der Waals surface area contributed by atoms with Crippen LogP contribution in [0.4, 0.5) is 0 Å². The van der Waals surface area contributed by atoms with Gasteiger partial charge in [-0.25, -0.2) is 0 Å². The molecule has 5 heteroatoms. The number of aromatic amines is 1. The number of H-pyrrole nitrogens is 1. The first-order chi connectivity index (χ1) is 11.1. The second-order valence-electron chi connectivity index (χ2n) is 7.36. The first-order valence-electron chi connectivity index (χ1n) is 8.83. The first-order valence-corrected chi connectivity index (χ1v) is 8.83. The molecule has 2 saturated carbocycles. The average Bonchev–Trinajstić information content (AvgIpc) is 3.29. The highest BCUT2D eigenvalue weighted by Gasteiger charge is 2.40. The van der Waals surface area contributed by atoms with Gasteiger partial charge in [0.05, 0.1) is 5.60 Å². The summed E-state index contributed by atoms with van der Waals surface area (Å²) in [5.74, 6) is 0.304. The summed E-state index contributed by atoms with van der Waals surface area (Å²) in [6.45, 7) is 0.716. The van der Waals surface area contributed by atoms with Crippen LogP contribution in [0.2, 0.25) is 0 Å². The lowest BCUT2D eigenvalue weighted by Gasteiger charge is -2.38. The van der Waals surface area contributed by atoms with Crippen molar-refractivity contribution in [2.24, 2.45) is 0 Å². The van der Waals surface area contributed by atoms with Gasteiger partial charge in [-0.1, -0.05) is 12.8 Å². The van der Waals surface area contributed by atoms with Gasteiger partial charge in [0.15, 0.2) is 0 Å². The summed E-state index contributed by atoms with van der Waals surface area (Å²) in [7, 11) is 0. The van der Waals surface area contributed by atoms with Crippen molar-refractivity contribution >= 4 is 5.91 Å². The molecule has 0 radical (unpaired) electrons. The lowest BCUT2D eigenvalue weighted by atomic mass is 9.89. The molecule has 1 amide bonds. The summed E-state index contributed by atoms with van der Waals surface area (Å²) < 4.78 is 6.02. The van der Waals surface area contributed by atoms with Crippen LogP contribution < -0.4 is 10.9 Å². The third-order valence-corrected chi connectivity index (χ3v) is 5.49. The summed E-state index contributed by atoms with van der Waals surface area (Å²) in [5.41, 5.74) is 1.20. The normalized spacial score (nSPS) is 26.3. The number of carbonyl (C=O) groups is 1. The predicted molar refractivity (Wildman–Crippen MR) is 86.7 cm³/mol. The molecule has 1 spiro atoms. The monoisotopic (exact) mass is 316 g/mol. The summed E-state index contributed by atoms with van der Waals surface area (Å²) >= 11 is 0. The molecule has 1 saturated heterocycles. The fourth-order valence-electron chi connectivity index (χ4n) is 4.10. The highest BCUT2D eigenvalue weighted by Crippen LogP contribution is 2.40. The fraction of sp³-hybridized carbons (Fsp3) is 0.667. The Balaban J connectivity index is 1.46. The van der Waals surface area contributed by atoms with Crippen molar-refractivity contribution < 1.29 is 9.53 Å². The van der Waals surface area contributed by atoms with E-state index in [2.05, 4.69) is 10.3 Å². The SMILES string of the molecule is O=C(NC1CCOC2(CCCC2)C1)c1cc(C2CC2)[nH]c(=O)c1. The molecule has 5 nitrogen and oxygen atoms in total. The van der Waals surface area contributed by atoms with Crippen molar-refractivity contribution in [1.29, 1.82) is 0 Å². The molecule has 3 fully saturated rings. The van der Waals surface area contributed by atoms with Crippen LogP contribution in [-0.4, -0.2) is 29.1 Å². The minimum atomic E-state index is -0.182. The lowest BCUT2D eigenvalue weighted by molar-refractivity contribution is -0.0823. The van der Waals surface area contributed by atoms with Gasteiger partial charge in [0.1, 0.15) is 0 Å². The Morgan fingerprint density at radius 1 is 1.22 bits per heavy atom. The molecule has 23 heavy (non-hydrogen) atoms. The largest absolute Gasteiger partial charge is 0.375 e. The number of nitrogens with one attached hydrogen (secondary N) is 2. The smallest absolute Gasteiger partial charge is 0.251 e. The van der Waals surface area contributed by atoms with Crippen LogP contribution in [0.5, 0.6) is 0 Å². The zero-order valence-corrected chi connectivity index (χ0v) is 13.4. The second kappa shape index (κ2) is 5.78. The van der Waals surface area contributed by atoms with E-state index in [9.17, 15) is 9.59 Å². The van der Waals surface area contributed by atoms with Crippen LogP contribution in [0.25, 0.3) is 0 Å². The molecule has 4 rings (SSSR count). The molecule has 1 unspecified atom stereocenters. The maximum atomic E-state index is 12.6. The van der Waals surface area contributed by atoms with Crippen LogP contribution in [0.3, 0.4) is 0 Å². The molecule has 1 aromatic rings. The van der Waals surface area contributed by atoms with E-state index >= 15 is 0 Å². The molecule has 1 aromatic heterocycles. The Bertz CT molecular complexity index is 656. The topological polar surface area (TPSA) is 71.2 Å². The van der Waals surface area contributed by atoms with Gasteiger partial charge < -0.3 is 15.0 Å². The van der Waals surface area contributed by atoms with Gasteiger partial charge in [-0.3, -0.25) is 9.59 Å². The minimum Gasteiger partial charge on any atom is -0.375 e. The van der Waals surface area contributed by atoms with Gasteiger partial charge in [-0.2, -0.15) is 0 Å². The zero-order chi connectivity index (χ0) is 15.9. The molecule has 2 N–H and O–H groups in total. The van der Waals surface area contributed by atoms with Crippen molar-refractivity contribution in [2.75, 3.05) is 6.61 Å². The molecule has 124 valence electrons. The number of ether oxygens (including phenoxy) is 1. The number of hydrogen-bond acceptors (Lipinski definition) is 3. The van der Waals surface area contributed by atoms with E-state index in [-0.39, 0.29) is 23.1 Å². The van der Waals surface area contributed by atoms with E-state index in [1.54, 1.807) is 0 Å². The molecule has 0 aromatic carbocycles. The van der Waals surface area contributed by atoms with E-state index in [0.29, 0.717) is 18.1 Å². The van der Waals surface area contributed by atoms with Crippen molar-refractivity contribution in [3.05, 3.63) is 33.7 Å². The molecular weight excluding hydrogens is 292 g/mol. The van der Waals surface area contributed by atoms with Crippen LogP contribution >= 0.6 is 0 Å². The third-order valence-electron chi connectivity index (χ3n) is 5.49. The molecule has 1 aliphatic heterocycles. The van der Waals surface area contributed by atoms with E-state index in [0.717, 1.165) is 44.2 Å². The second-order valence-corrected chi connectivity index (χ2v) is 7.36. The van der Waals surface area contributed by atoms with Gasteiger partial charge in [0.2, 0.25) is 5.56 Å². The van der Waals surface area contributed by atoms with Crippen molar-refractivity contribution in [1.82, 2.24) is 10.3 Å². The quantitative estimate of drug-likeness (QED) is 0.900. The number of pyridine rings is 1. The Morgan fingerprint density at radius 3 is 2.74 bits per heavy atom. The van der Waals surface area contributed by atoms with E-state index in [1.165, 1.54) is 18.9 Å². The summed E-state index contributed by atoms with van der Waals surface area (Å²) in [6, 6.07) is 3.41. The van der Waals surface area contributed by atoms with Crippen molar-refractivity contribution in [3.63, 3.8) is 0 Å². The van der Waals surface area contributed by atoms with Gasteiger partial charge in [0, 0.05) is 30.0 Å². The highest BCUT2D eigenvalue weighted by atomic mass is 16.5. The van der Waals surface area contributed by atoms with Crippen LogP contribution in [0.15, 0.2) is 16.9 Å². The summed E-state index contributed by atoms with van der Waals surface area (Å²) in [4.78, 5) is 27.2. The number of amides is 1. The van der Waals surface area contributed by atoms with E-state index in [1.807, 2.05) is 6.07 Å². The highest BCUT2D eigenvalue weighted by molar-refractivity contribution is 5.94. The summed E-state index contributed by atoms with van der Waals surface area (Å²) in [6.07, 6.45) is 8.61. The van der Waals surface area contributed by atoms with Crippen molar-refractivity contribution in [2.45, 2.75) is 68.9 Å². The average molecular weight is 316 g/mol. The lowest BCUT2D eigenvalue weighted by Crippen LogP contribution is -2.47. The molecule has 3 aliphatic rings.